The molecule has 0 fully saturated rings. The molecule has 0 bridgehead atoms. The fraction of sp³-hybridized carbons (Fsp3) is 0.263. The van der Waals surface area contributed by atoms with Gasteiger partial charge in [0.1, 0.15) is 5.60 Å². The summed E-state index contributed by atoms with van der Waals surface area (Å²) in [4.78, 5) is 17.3. The molecule has 0 radical (unpaired) electrons. The zero-order chi connectivity index (χ0) is 18.9. The number of carbonyl (C=O) groups excluding carboxylic acids is 1. The third-order valence-corrected chi connectivity index (χ3v) is 3.83. The molecule has 134 valence electrons. The zero-order valence-corrected chi connectivity index (χ0v) is 15.7. The number of carbonyl (C=O) groups is 1. The monoisotopic (exact) mass is 368 g/mol. The van der Waals surface area contributed by atoms with Crippen LogP contribution in [0.5, 0.6) is 0 Å². The number of esters is 1. The average molecular weight is 368 g/mol. The van der Waals surface area contributed by atoms with Crippen molar-refractivity contribution in [2.75, 3.05) is 0 Å². The lowest BCUT2D eigenvalue weighted by molar-refractivity contribution is 0.00701. The number of pyridine rings is 1. The number of nitrogens with zero attached hydrogens (tertiary/aromatic N) is 2. The number of hydrogen-bond acceptors (Lipinski definition) is 5. The van der Waals surface area contributed by atoms with Gasteiger partial charge in [-0.15, -0.1) is 0 Å². The molecule has 7 heteroatoms. The van der Waals surface area contributed by atoms with Gasteiger partial charge in [0.25, 0.3) is 0 Å². The van der Waals surface area contributed by atoms with Gasteiger partial charge in [-0.05, 0) is 45.0 Å². The number of fused-ring (bicyclic) bond motifs is 1. The zero-order valence-electron chi connectivity index (χ0n) is 14.9. The van der Waals surface area contributed by atoms with Crippen molar-refractivity contribution in [3.63, 3.8) is 0 Å². The van der Waals surface area contributed by atoms with Gasteiger partial charge >= 0.3 is 5.97 Å². The maximum absolute atomic E-state index is 12.6. The first-order valence-electron chi connectivity index (χ1n) is 8.18. The Balaban J connectivity index is 2.07. The van der Waals surface area contributed by atoms with Crippen molar-refractivity contribution in [2.24, 2.45) is 5.73 Å². The Labute approximate surface area is 156 Å². The van der Waals surface area contributed by atoms with E-state index in [0.29, 0.717) is 22.7 Å². The molecule has 3 aromatic rings. The molecule has 2 aromatic heterocycles. The van der Waals surface area contributed by atoms with Crippen LogP contribution in [-0.2, 0) is 11.2 Å². The van der Waals surface area contributed by atoms with E-state index in [1.807, 2.05) is 39.0 Å². The van der Waals surface area contributed by atoms with Crippen molar-refractivity contribution < 1.29 is 9.53 Å². The van der Waals surface area contributed by atoms with Gasteiger partial charge < -0.3 is 10.5 Å². The smallest absolute Gasteiger partial charge is 0.340 e. The van der Waals surface area contributed by atoms with E-state index in [1.165, 1.54) is 0 Å². The molecule has 0 atom stereocenters. The molecular formula is C19H20N4O2S. The highest BCUT2D eigenvalue weighted by Crippen LogP contribution is 2.27. The number of ether oxygens (including phenoxy) is 1. The number of rotatable bonds is 4. The number of nitrogens with two attached hydrogens (primary N) is 1. The molecular weight excluding hydrogens is 348 g/mol. The van der Waals surface area contributed by atoms with E-state index in [-0.39, 0.29) is 0 Å². The van der Waals surface area contributed by atoms with Crippen LogP contribution >= 0.6 is 12.2 Å². The van der Waals surface area contributed by atoms with Crippen LogP contribution in [0.2, 0.25) is 0 Å². The van der Waals surface area contributed by atoms with E-state index in [4.69, 9.17) is 22.7 Å². The lowest BCUT2D eigenvalue weighted by atomic mass is 10.0. The number of aromatic amines is 1. The van der Waals surface area contributed by atoms with Crippen LogP contribution in [0.3, 0.4) is 0 Å². The molecule has 6 nitrogen and oxygen atoms in total. The maximum atomic E-state index is 12.6. The van der Waals surface area contributed by atoms with Crippen LogP contribution in [0.1, 0.15) is 36.8 Å². The average Bonchev–Trinajstić information content (AvgIpc) is 2.95. The maximum Gasteiger partial charge on any atom is 0.340 e. The first-order valence-corrected chi connectivity index (χ1v) is 8.59. The Bertz CT molecular complexity index is 989. The largest absolute Gasteiger partial charge is 0.456 e. The summed E-state index contributed by atoms with van der Waals surface area (Å²) in [5.41, 5.74) is 8.49. The Morgan fingerprint density at radius 3 is 2.77 bits per heavy atom. The Morgan fingerprint density at radius 2 is 2.08 bits per heavy atom. The molecule has 26 heavy (non-hydrogen) atoms. The van der Waals surface area contributed by atoms with Crippen molar-refractivity contribution in [3.05, 3.63) is 47.8 Å². The van der Waals surface area contributed by atoms with E-state index in [9.17, 15) is 4.79 Å². The second kappa shape index (κ2) is 6.84. The highest BCUT2D eigenvalue weighted by atomic mass is 32.1. The van der Waals surface area contributed by atoms with Crippen LogP contribution in [0, 0.1) is 0 Å². The van der Waals surface area contributed by atoms with Crippen molar-refractivity contribution in [2.45, 2.75) is 32.8 Å². The first kappa shape index (κ1) is 18.0. The summed E-state index contributed by atoms with van der Waals surface area (Å²) in [7, 11) is 0. The number of thiocarbonyl (C=S) groups is 1. The standard InChI is InChI=1S/C19H20N4O2S/c1-19(2,3)25-18(24)12-5-4-8-21-17(12)11-6-7-14-13(9-11)15(23-22-14)10-16(20)26/h4-9H,10H2,1-3H3,(H2,20,26)(H,22,23). The molecule has 3 rings (SSSR count). The summed E-state index contributed by atoms with van der Waals surface area (Å²) in [5.74, 6) is -0.406. The summed E-state index contributed by atoms with van der Waals surface area (Å²) < 4.78 is 5.50. The molecule has 3 N–H and O–H groups in total. The molecule has 0 spiro atoms. The predicted molar refractivity (Wildman–Crippen MR) is 105 cm³/mol. The minimum Gasteiger partial charge on any atom is -0.456 e. The quantitative estimate of drug-likeness (QED) is 0.541. The second-order valence-corrected chi connectivity index (χ2v) is 7.50. The second-order valence-electron chi connectivity index (χ2n) is 6.98. The highest BCUT2D eigenvalue weighted by Gasteiger charge is 2.22. The fourth-order valence-corrected chi connectivity index (χ4v) is 2.80. The Kier molecular flexibility index (Phi) is 4.73. The van der Waals surface area contributed by atoms with Gasteiger partial charge in [-0.3, -0.25) is 10.1 Å². The van der Waals surface area contributed by atoms with E-state index in [0.717, 1.165) is 22.2 Å². The van der Waals surface area contributed by atoms with Gasteiger partial charge in [-0.1, -0.05) is 18.3 Å². The first-order chi connectivity index (χ1) is 12.2. The van der Waals surface area contributed by atoms with Gasteiger partial charge in [-0.2, -0.15) is 5.10 Å². The van der Waals surface area contributed by atoms with Gasteiger partial charge in [0.2, 0.25) is 0 Å². The summed E-state index contributed by atoms with van der Waals surface area (Å²) in [6.07, 6.45) is 2.08. The molecule has 0 unspecified atom stereocenters. The van der Waals surface area contributed by atoms with Crippen LogP contribution in [0.15, 0.2) is 36.5 Å². The number of benzene rings is 1. The van der Waals surface area contributed by atoms with Gasteiger partial charge in [0.05, 0.1) is 21.8 Å². The SMILES string of the molecule is CC(C)(C)OC(=O)c1cccnc1-c1ccc2n[nH]c(CC(N)=S)c2c1. The molecule has 0 aliphatic carbocycles. The van der Waals surface area contributed by atoms with Crippen LogP contribution in [-0.4, -0.2) is 31.7 Å². The third-order valence-electron chi connectivity index (χ3n) is 3.68. The number of hydrogen-bond donors (Lipinski definition) is 2. The highest BCUT2D eigenvalue weighted by molar-refractivity contribution is 7.80. The minimum atomic E-state index is -0.581. The topological polar surface area (TPSA) is 93.9 Å². The van der Waals surface area contributed by atoms with E-state index in [1.54, 1.807) is 18.3 Å². The van der Waals surface area contributed by atoms with Gasteiger partial charge in [0.15, 0.2) is 0 Å². The van der Waals surface area contributed by atoms with E-state index >= 15 is 0 Å². The van der Waals surface area contributed by atoms with E-state index < -0.39 is 11.6 Å². The van der Waals surface area contributed by atoms with Gasteiger partial charge in [0, 0.05) is 29.3 Å². The summed E-state index contributed by atoms with van der Waals surface area (Å²) in [6, 6.07) is 9.12. The van der Waals surface area contributed by atoms with Crippen molar-refractivity contribution >= 4 is 34.1 Å². The molecule has 1 aromatic carbocycles. The summed E-state index contributed by atoms with van der Waals surface area (Å²) in [5, 5.41) is 8.12. The van der Waals surface area contributed by atoms with Crippen LogP contribution < -0.4 is 5.73 Å². The van der Waals surface area contributed by atoms with Crippen LogP contribution in [0.25, 0.3) is 22.2 Å². The van der Waals surface area contributed by atoms with Crippen LogP contribution in [0.4, 0.5) is 0 Å². The van der Waals surface area contributed by atoms with Gasteiger partial charge in [-0.25, -0.2) is 4.79 Å². The lowest BCUT2D eigenvalue weighted by Gasteiger charge is -2.20. The lowest BCUT2D eigenvalue weighted by Crippen LogP contribution is -2.24. The minimum absolute atomic E-state index is 0.383. The Hall–Kier alpha value is -2.80. The third kappa shape index (κ3) is 3.88. The molecule has 2 heterocycles. The molecule has 0 amide bonds. The number of H-pyrrole nitrogens is 1. The summed E-state index contributed by atoms with van der Waals surface area (Å²) in [6.45, 7) is 5.50. The molecule has 0 saturated carbocycles. The molecule has 0 aliphatic rings. The van der Waals surface area contributed by atoms with Crippen molar-refractivity contribution in [3.8, 4) is 11.3 Å². The fourth-order valence-electron chi connectivity index (χ4n) is 2.65. The molecule has 0 aliphatic heterocycles. The number of nitrogens with one attached hydrogen (secondary N) is 1. The normalized spacial score (nSPS) is 11.5. The molecule has 0 saturated heterocycles. The Morgan fingerprint density at radius 1 is 1.31 bits per heavy atom. The van der Waals surface area contributed by atoms with E-state index in [2.05, 4.69) is 15.2 Å². The number of aromatic nitrogens is 3. The van der Waals surface area contributed by atoms with Crippen molar-refractivity contribution in [1.29, 1.82) is 0 Å². The predicted octanol–water partition coefficient (Wildman–Crippen LogP) is 3.41. The summed E-state index contributed by atoms with van der Waals surface area (Å²) >= 11 is 4.99. The van der Waals surface area contributed by atoms with Crippen molar-refractivity contribution in [1.82, 2.24) is 15.2 Å².